The summed E-state index contributed by atoms with van der Waals surface area (Å²) in [6.45, 7) is 0.673. The van der Waals surface area contributed by atoms with E-state index in [1.54, 1.807) is 31.4 Å². The molecule has 6 nitrogen and oxygen atoms in total. The standard InChI is InChI=1S/C14H18N2O4/c1-20-11-7-12(15-8-11)14(19)16-10-4-2-9(3-5-10)6-13(17)18/h2-5,11-12,15H,6-8H2,1H3,(H,16,19)(H,17,18). The average Bonchev–Trinajstić information content (AvgIpc) is 2.89. The van der Waals surface area contributed by atoms with Crippen molar-refractivity contribution in [3.05, 3.63) is 29.8 Å². The van der Waals surface area contributed by atoms with Crippen molar-refractivity contribution in [2.75, 3.05) is 19.0 Å². The van der Waals surface area contributed by atoms with Gasteiger partial charge in [-0.3, -0.25) is 9.59 Å². The molecule has 1 aliphatic rings. The van der Waals surface area contributed by atoms with Crippen molar-refractivity contribution in [1.82, 2.24) is 5.32 Å². The topological polar surface area (TPSA) is 87.7 Å². The van der Waals surface area contributed by atoms with Gasteiger partial charge in [0.15, 0.2) is 0 Å². The number of carboxylic acids is 1. The average molecular weight is 278 g/mol. The maximum absolute atomic E-state index is 12.0. The SMILES string of the molecule is COC1CNC(C(=O)Nc2ccc(CC(=O)O)cc2)C1. The summed E-state index contributed by atoms with van der Waals surface area (Å²) in [6, 6.07) is 6.56. The number of carbonyl (C=O) groups excluding carboxylic acids is 1. The number of ether oxygens (including phenoxy) is 1. The Morgan fingerprint density at radius 3 is 2.65 bits per heavy atom. The molecule has 1 amide bonds. The molecule has 0 radical (unpaired) electrons. The van der Waals surface area contributed by atoms with E-state index in [4.69, 9.17) is 9.84 Å². The third-order valence-electron chi connectivity index (χ3n) is 3.32. The Labute approximate surface area is 117 Å². The molecule has 3 N–H and O–H groups in total. The zero-order valence-corrected chi connectivity index (χ0v) is 11.3. The summed E-state index contributed by atoms with van der Waals surface area (Å²) in [5, 5.41) is 14.6. The van der Waals surface area contributed by atoms with Crippen molar-refractivity contribution < 1.29 is 19.4 Å². The second-order valence-corrected chi connectivity index (χ2v) is 4.81. The third-order valence-corrected chi connectivity index (χ3v) is 3.32. The van der Waals surface area contributed by atoms with E-state index >= 15 is 0 Å². The van der Waals surface area contributed by atoms with Crippen molar-refractivity contribution in [2.24, 2.45) is 0 Å². The van der Waals surface area contributed by atoms with E-state index in [9.17, 15) is 9.59 Å². The molecule has 1 heterocycles. The summed E-state index contributed by atoms with van der Waals surface area (Å²) in [4.78, 5) is 22.6. The van der Waals surface area contributed by atoms with E-state index in [-0.39, 0.29) is 24.5 Å². The Bertz CT molecular complexity index is 486. The summed E-state index contributed by atoms with van der Waals surface area (Å²) in [7, 11) is 1.63. The first-order valence-electron chi connectivity index (χ1n) is 6.46. The van der Waals surface area contributed by atoms with Crippen LogP contribution in [0.3, 0.4) is 0 Å². The summed E-state index contributed by atoms with van der Waals surface area (Å²) in [6.07, 6.45) is 0.705. The first-order valence-corrected chi connectivity index (χ1v) is 6.46. The number of anilines is 1. The molecular weight excluding hydrogens is 260 g/mol. The van der Waals surface area contributed by atoms with Crippen molar-refractivity contribution >= 4 is 17.6 Å². The number of nitrogens with one attached hydrogen (secondary N) is 2. The predicted molar refractivity (Wildman–Crippen MR) is 73.6 cm³/mol. The van der Waals surface area contributed by atoms with E-state index in [2.05, 4.69) is 10.6 Å². The van der Waals surface area contributed by atoms with Gasteiger partial charge in [-0.15, -0.1) is 0 Å². The van der Waals surface area contributed by atoms with Crippen molar-refractivity contribution in [3.8, 4) is 0 Å². The number of benzene rings is 1. The fourth-order valence-corrected chi connectivity index (χ4v) is 2.19. The fourth-order valence-electron chi connectivity index (χ4n) is 2.19. The van der Waals surface area contributed by atoms with Gasteiger partial charge in [-0.2, -0.15) is 0 Å². The zero-order valence-electron chi connectivity index (χ0n) is 11.3. The van der Waals surface area contributed by atoms with Crippen LogP contribution in [-0.4, -0.2) is 42.8 Å². The van der Waals surface area contributed by atoms with Gasteiger partial charge in [0.25, 0.3) is 0 Å². The van der Waals surface area contributed by atoms with E-state index in [1.807, 2.05) is 0 Å². The lowest BCUT2D eigenvalue weighted by Crippen LogP contribution is -2.35. The lowest BCUT2D eigenvalue weighted by molar-refractivity contribution is -0.136. The van der Waals surface area contributed by atoms with Gasteiger partial charge in [-0.25, -0.2) is 0 Å². The molecule has 2 rings (SSSR count). The van der Waals surface area contributed by atoms with Crippen LogP contribution in [0.1, 0.15) is 12.0 Å². The summed E-state index contributed by atoms with van der Waals surface area (Å²) >= 11 is 0. The first kappa shape index (κ1) is 14.5. The Balaban J connectivity index is 1.90. The zero-order chi connectivity index (χ0) is 14.5. The second-order valence-electron chi connectivity index (χ2n) is 4.81. The van der Waals surface area contributed by atoms with Gasteiger partial charge in [-0.1, -0.05) is 12.1 Å². The Kier molecular flexibility index (Phi) is 4.70. The molecule has 1 fully saturated rings. The van der Waals surface area contributed by atoms with Crippen LogP contribution in [0.25, 0.3) is 0 Å². The predicted octanol–water partition coefficient (Wildman–Crippen LogP) is 0.629. The molecule has 0 saturated carbocycles. The number of carbonyl (C=O) groups is 2. The van der Waals surface area contributed by atoms with Gasteiger partial charge < -0.3 is 20.5 Å². The molecular formula is C14H18N2O4. The Morgan fingerprint density at radius 1 is 1.40 bits per heavy atom. The Hall–Kier alpha value is -1.92. The monoisotopic (exact) mass is 278 g/mol. The number of aliphatic carboxylic acids is 1. The molecule has 0 spiro atoms. The number of hydrogen-bond donors (Lipinski definition) is 3. The molecule has 1 aromatic rings. The molecule has 0 aromatic heterocycles. The molecule has 0 bridgehead atoms. The van der Waals surface area contributed by atoms with E-state index in [0.717, 1.165) is 0 Å². The molecule has 108 valence electrons. The van der Waals surface area contributed by atoms with E-state index < -0.39 is 5.97 Å². The molecule has 1 aliphatic heterocycles. The van der Waals surface area contributed by atoms with Crippen molar-refractivity contribution in [1.29, 1.82) is 0 Å². The van der Waals surface area contributed by atoms with Crippen LogP contribution in [-0.2, 0) is 20.7 Å². The minimum atomic E-state index is -0.873. The second kappa shape index (κ2) is 6.49. The van der Waals surface area contributed by atoms with Crippen LogP contribution in [0, 0.1) is 0 Å². The highest BCUT2D eigenvalue weighted by Gasteiger charge is 2.29. The highest BCUT2D eigenvalue weighted by atomic mass is 16.5. The number of methoxy groups -OCH3 is 1. The maximum atomic E-state index is 12.0. The van der Waals surface area contributed by atoms with Crippen LogP contribution < -0.4 is 10.6 Å². The van der Waals surface area contributed by atoms with E-state index in [0.29, 0.717) is 24.2 Å². The quantitative estimate of drug-likeness (QED) is 0.735. The van der Waals surface area contributed by atoms with Gasteiger partial charge in [0, 0.05) is 19.3 Å². The highest BCUT2D eigenvalue weighted by Crippen LogP contribution is 2.14. The smallest absolute Gasteiger partial charge is 0.307 e. The van der Waals surface area contributed by atoms with Crippen molar-refractivity contribution in [2.45, 2.75) is 25.0 Å². The molecule has 2 unspecified atom stereocenters. The molecule has 20 heavy (non-hydrogen) atoms. The summed E-state index contributed by atoms with van der Waals surface area (Å²) < 4.78 is 5.20. The largest absolute Gasteiger partial charge is 0.481 e. The van der Waals surface area contributed by atoms with Gasteiger partial charge in [0.1, 0.15) is 0 Å². The van der Waals surface area contributed by atoms with Crippen LogP contribution in [0.5, 0.6) is 0 Å². The molecule has 0 aliphatic carbocycles. The Morgan fingerprint density at radius 2 is 2.10 bits per heavy atom. The van der Waals surface area contributed by atoms with E-state index in [1.165, 1.54) is 0 Å². The highest BCUT2D eigenvalue weighted by molar-refractivity contribution is 5.95. The molecule has 6 heteroatoms. The third kappa shape index (κ3) is 3.79. The van der Waals surface area contributed by atoms with Crippen LogP contribution in [0.2, 0.25) is 0 Å². The normalized spacial score (nSPS) is 21.6. The number of hydrogen-bond acceptors (Lipinski definition) is 4. The summed E-state index contributed by atoms with van der Waals surface area (Å²) in [5.41, 5.74) is 1.36. The lowest BCUT2D eigenvalue weighted by atomic mass is 10.1. The lowest BCUT2D eigenvalue weighted by Gasteiger charge is -2.11. The minimum absolute atomic E-state index is 0.0199. The van der Waals surface area contributed by atoms with Crippen LogP contribution >= 0.6 is 0 Å². The summed E-state index contributed by atoms with van der Waals surface area (Å²) in [5.74, 6) is -0.974. The minimum Gasteiger partial charge on any atom is -0.481 e. The fraction of sp³-hybridized carbons (Fsp3) is 0.429. The number of amides is 1. The molecule has 1 saturated heterocycles. The molecule has 2 atom stereocenters. The first-order chi connectivity index (χ1) is 9.58. The van der Waals surface area contributed by atoms with Crippen LogP contribution in [0.15, 0.2) is 24.3 Å². The van der Waals surface area contributed by atoms with Gasteiger partial charge in [0.2, 0.25) is 5.91 Å². The number of carboxylic acid groups (broad SMARTS) is 1. The maximum Gasteiger partial charge on any atom is 0.307 e. The van der Waals surface area contributed by atoms with Crippen molar-refractivity contribution in [3.63, 3.8) is 0 Å². The van der Waals surface area contributed by atoms with Crippen LogP contribution in [0.4, 0.5) is 5.69 Å². The molecule has 1 aromatic carbocycles. The van der Waals surface area contributed by atoms with Gasteiger partial charge in [0.05, 0.1) is 18.6 Å². The number of rotatable bonds is 5. The van der Waals surface area contributed by atoms with Gasteiger partial charge in [-0.05, 0) is 24.1 Å². The van der Waals surface area contributed by atoms with Gasteiger partial charge >= 0.3 is 5.97 Å².